The second kappa shape index (κ2) is 13.8. The van der Waals surface area contributed by atoms with Gasteiger partial charge in [0.1, 0.15) is 0 Å². The Balaban J connectivity index is 0.963. The molecular weight excluding hydrogens is 731 g/mol. The molecule has 60 heavy (non-hydrogen) atoms. The fraction of sp³-hybridized carbons (Fsp3) is 0. The molecule has 5 nitrogen and oxygen atoms in total. The summed E-state index contributed by atoms with van der Waals surface area (Å²) in [4.78, 5) is 14.8. The van der Waals surface area contributed by atoms with E-state index in [9.17, 15) is 0 Å². The molecule has 0 aliphatic heterocycles. The molecule has 0 aliphatic rings. The van der Waals surface area contributed by atoms with Crippen molar-refractivity contribution in [2.45, 2.75) is 0 Å². The lowest BCUT2D eigenvalue weighted by Gasteiger charge is -2.11. The molecule has 0 saturated carbocycles. The first-order chi connectivity index (χ1) is 29.7. The number of hydrogen-bond donors (Lipinski definition) is 0. The molecule has 0 radical (unpaired) electrons. The first-order valence-electron chi connectivity index (χ1n) is 20.3. The van der Waals surface area contributed by atoms with E-state index >= 15 is 0 Å². The fourth-order valence-electron chi connectivity index (χ4n) is 8.87. The van der Waals surface area contributed by atoms with Crippen molar-refractivity contribution in [2.75, 3.05) is 0 Å². The van der Waals surface area contributed by atoms with E-state index in [4.69, 9.17) is 15.0 Å². The average molecular weight is 766 g/mol. The van der Waals surface area contributed by atoms with Crippen molar-refractivity contribution in [1.82, 2.24) is 24.1 Å². The van der Waals surface area contributed by atoms with Crippen molar-refractivity contribution in [3.8, 4) is 56.7 Å². The topological polar surface area (TPSA) is 48.5 Å². The molecule has 0 N–H and O–H groups in total. The molecule has 280 valence electrons. The third-order valence-corrected chi connectivity index (χ3v) is 11.8. The minimum Gasteiger partial charge on any atom is -0.309 e. The minimum absolute atomic E-state index is 0.637. The summed E-state index contributed by atoms with van der Waals surface area (Å²) in [5, 5.41) is 7.38. The van der Waals surface area contributed by atoms with E-state index in [-0.39, 0.29) is 0 Å². The van der Waals surface area contributed by atoms with Gasteiger partial charge in [0.25, 0.3) is 0 Å². The van der Waals surface area contributed by atoms with E-state index in [0.29, 0.717) is 17.5 Å². The van der Waals surface area contributed by atoms with E-state index < -0.39 is 0 Å². The lowest BCUT2D eigenvalue weighted by atomic mass is 10.0. The van der Waals surface area contributed by atoms with Crippen molar-refractivity contribution >= 4 is 54.4 Å². The van der Waals surface area contributed by atoms with Crippen LogP contribution in [0.15, 0.2) is 212 Å². The van der Waals surface area contributed by atoms with E-state index in [1.807, 2.05) is 60.7 Å². The highest BCUT2D eigenvalue weighted by Gasteiger charge is 2.18. The number of para-hydroxylation sites is 2. The van der Waals surface area contributed by atoms with Crippen LogP contribution in [0.1, 0.15) is 0 Å². The van der Waals surface area contributed by atoms with E-state index in [1.54, 1.807) is 0 Å². The van der Waals surface area contributed by atoms with Gasteiger partial charge in [0.05, 0.1) is 22.1 Å². The molecule has 0 unspecified atom stereocenters. The molecule has 0 bridgehead atoms. The Kier molecular flexibility index (Phi) is 7.78. The van der Waals surface area contributed by atoms with Crippen LogP contribution in [0.25, 0.3) is 111 Å². The summed E-state index contributed by atoms with van der Waals surface area (Å²) in [6.07, 6.45) is 0. The third kappa shape index (κ3) is 5.59. The number of benzene rings is 9. The zero-order valence-electron chi connectivity index (χ0n) is 32.4. The molecule has 0 aliphatic carbocycles. The fourth-order valence-corrected chi connectivity index (χ4v) is 8.87. The van der Waals surface area contributed by atoms with Crippen molar-refractivity contribution in [3.63, 3.8) is 0 Å². The largest absolute Gasteiger partial charge is 0.309 e. The maximum atomic E-state index is 4.97. The molecule has 0 atom stereocenters. The van der Waals surface area contributed by atoms with Gasteiger partial charge in [-0.2, -0.15) is 0 Å². The van der Waals surface area contributed by atoms with Gasteiger partial charge >= 0.3 is 0 Å². The summed E-state index contributed by atoms with van der Waals surface area (Å²) in [6, 6.07) is 75.3. The number of rotatable bonds is 6. The van der Waals surface area contributed by atoms with E-state index in [0.717, 1.165) is 39.1 Å². The molecule has 9 aromatic carbocycles. The zero-order chi connectivity index (χ0) is 39.6. The summed E-state index contributed by atoms with van der Waals surface area (Å²) in [5.74, 6) is 1.94. The quantitative estimate of drug-likeness (QED) is 0.169. The van der Waals surface area contributed by atoms with Crippen molar-refractivity contribution in [3.05, 3.63) is 212 Å². The van der Waals surface area contributed by atoms with Gasteiger partial charge in [-0.25, -0.2) is 15.0 Å². The van der Waals surface area contributed by atoms with Crippen molar-refractivity contribution in [2.24, 2.45) is 0 Å². The standard InChI is InChI=1S/C55H35N5/c1-3-14-37(15-4-1)53-56-54(38-16-5-2-6-17-38)58-55(57-53)39-24-28-43(29-25-39)59-50-22-12-10-20-46(50)48-34-41(27-32-51(48)59)42-26-31-47-45-19-9-11-21-49(45)60(52(47)35-42)44-30-23-36-13-7-8-18-40(36)33-44/h1-35H. The molecule has 0 saturated heterocycles. The van der Waals surface area contributed by atoms with Crippen LogP contribution < -0.4 is 0 Å². The van der Waals surface area contributed by atoms with Gasteiger partial charge in [-0.1, -0.05) is 146 Å². The van der Waals surface area contributed by atoms with Crippen LogP contribution in [-0.2, 0) is 0 Å². The van der Waals surface area contributed by atoms with Crippen LogP contribution >= 0.6 is 0 Å². The van der Waals surface area contributed by atoms with E-state index in [2.05, 4.69) is 161 Å². The third-order valence-electron chi connectivity index (χ3n) is 11.8. The molecule has 12 rings (SSSR count). The number of aromatic nitrogens is 5. The van der Waals surface area contributed by atoms with Crippen LogP contribution in [0.4, 0.5) is 0 Å². The Labute approximate surface area is 346 Å². The number of hydrogen-bond acceptors (Lipinski definition) is 3. The predicted molar refractivity (Wildman–Crippen MR) is 248 cm³/mol. The lowest BCUT2D eigenvalue weighted by molar-refractivity contribution is 1.07. The molecule has 3 heterocycles. The molecular formula is C55H35N5. The highest BCUT2D eigenvalue weighted by Crippen LogP contribution is 2.39. The zero-order valence-corrected chi connectivity index (χ0v) is 32.4. The van der Waals surface area contributed by atoms with Gasteiger partial charge in [0.15, 0.2) is 17.5 Å². The Hall–Kier alpha value is -8.15. The molecule has 12 aromatic rings. The summed E-state index contributed by atoms with van der Waals surface area (Å²) in [6.45, 7) is 0. The summed E-state index contributed by atoms with van der Waals surface area (Å²) in [7, 11) is 0. The molecule has 0 fully saturated rings. The summed E-state index contributed by atoms with van der Waals surface area (Å²) >= 11 is 0. The lowest BCUT2D eigenvalue weighted by Crippen LogP contribution is -2.00. The van der Waals surface area contributed by atoms with Crippen LogP contribution in [0, 0.1) is 0 Å². The number of nitrogens with zero attached hydrogens (tertiary/aromatic N) is 5. The van der Waals surface area contributed by atoms with Gasteiger partial charge in [-0.05, 0) is 88.6 Å². The molecule has 0 amide bonds. The Morgan fingerprint density at radius 2 is 0.700 bits per heavy atom. The first-order valence-corrected chi connectivity index (χ1v) is 20.3. The Morgan fingerprint density at radius 1 is 0.250 bits per heavy atom. The smallest absolute Gasteiger partial charge is 0.164 e. The van der Waals surface area contributed by atoms with Crippen LogP contribution in [0.2, 0.25) is 0 Å². The van der Waals surface area contributed by atoms with Gasteiger partial charge in [0.2, 0.25) is 0 Å². The monoisotopic (exact) mass is 765 g/mol. The molecule has 0 spiro atoms. The van der Waals surface area contributed by atoms with Crippen LogP contribution in [0.3, 0.4) is 0 Å². The van der Waals surface area contributed by atoms with Gasteiger partial charge in [-0.15, -0.1) is 0 Å². The predicted octanol–water partition coefficient (Wildman–Crippen LogP) is 13.9. The van der Waals surface area contributed by atoms with Gasteiger partial charge in [-0.3, -0.25) is 0 Å². The van der Waals surface area contributed by atoms with Crippen LogP contribution in [0.5, 0.6) is 0 Å². The normalized spacial score (nSPS) is 11.7. The molecule has 3 aromatic heterocycles. The highest BCUT2D eigenvalue weighted by molar-refractivity contribution is 6.12. The Morgan fingerprint density at radius 3 is 1.37 bits per heavy atom. The van der Waals surface area contributed by atoms with Gasteiger partial charge < -0.3 is 9.13 Å². The maximum Gasteiger partial charge on any atom is 0.164 e. The van der Waals surface area contributed by atoms with Crippen molar-refractivity contribution < 1.29 is 0 Å². The Bertz CT molecular complexity index is 3530. The SMILES string of the molecule is c1ccc(-c2nc(-c3ccccc3)nc(-c3ccc(-n4c5ccccc5c5cc(-c6ccc7c8ccccc8n(-c8ccc9ccccc9c8)c7c6)ccc54)cc3)n2)cc1. The van der Waals surface area contributed by atoms with Gasteiger partial charge in [0, 0.05) is 49.6 Å². The van der Waals surface area contributed by atoms with Crippen molar-refractivity contribution in [1.29, 1.82) is 0 Å². The second-order valence-corrected chi connectivity index (χ2v) is 15.3. The van der Waals surface area contributed by atoms with E-state index in [1.165, 1.54) is 54.5 Å². The summed E-state index contributed by atoms with van der Waals surface area (Å²) < 4.78 is 4.77. The van der Waals surface area contributed by atoms with Crippen LogP contribution in [-0.4, -0.2) is 24.1 Å². The average Bonchev–Trinajstić information content (AvgIpc) is 3.84. The number of fused-ring (bicyclic) bond motifs is 7. The highest BCUT2D eigenvalue weighted by atomic mass is 15.0. The summed E-state index contributed by atoms with van der Waals surface area (Å²) in [5.41, 5.74) is 12.1. The molecule has 5 heteroatoms. The minimum atomic E-state index is 0.637. The second-order valence-electron chi connectivity index (χ2n) is 15.3. The maximum absolute atomic E-state index is 4.97. The first kappa shape index (κ1) is 33.9.